The van der Waals surface area contributed by atoms with Crippen molar-refractivity contribution in [3.8, 4) is 16.2 Å². The third-order valence-electron chi connectivity index (χ3n) is 4.71. The molecule has 156 valence electrons. The number of fused-ring (bicyclic) bond motifs is 1. The van der Waals surface area contributed by atoms with Crippen molar-refractivity contribution in [2.24, 2.45) is 5.92 Å². The molecule has 0 saturated heterocycles. The Kier molecular flexibility index (Phi) is 5.87. The van der Waals surface area contributed by atoms with E-state index in [1.807, 2.05) is 43.7 Å². The van der Waals surface area contributed by atoms with Crippen LogP contribution < -0.4 is 15.7 Å². The summed E-state index contributed by atoms with van der Waals surface area (Å²) in [6, 6.07) is 5.49. The molecule has 0 unspecified atom stereocenters. The molecule has 0 amide bonds. The molecular weight excluding hydrogens is 418 g/mol. The van der Waals surface area contributed by atoms with Crippen molar-refractivity contribution >= 4 is 32.9 Å². The van der Waals surface area contributed by atoms with Crippen molar-refractivity contribution in [2.45, 2.75) is 33.7 Å². The molecule has 6 nitrogen and oxygen atoms in total. The molecule has 30 heavy (non-hydrogen) atoms. The van der Waals surface area contributed by atoms with E-state index in [-0.39, 0.29) is 17.5 Å². The molecule has 0 bridgehead atoms. The quantitative estimate of drug-likeness (QED) is 0.457. The van der Waals surface area contributed by atoms with Crippen LogP contribution in [-0.4, -0.2) is 21.1 Å². The highest BCUT2D eigenvalue weighted by molar-refractivity contribution is 7.18. The second-order valence-electron chi connectivity index (χ2n) is 7.47. The first-order valence-electron chi connectivity index (χ1n) is 9.87. The Balaban J connectivity index is 1.74. The lowest BCUT2D eigenvalue weighted by Crippen LogP contribution is -2.26. The first-order valence-corrected chi connectivity index (χ1v) is 11.6. The van der Waals surface area contributed by atoms with Gasteiger partial charge in [-0.2, -0.15) is 0 Å². The van der Waals surface area contributed by atoms with E-state index in [1.165, 1.54) is 17.4 Å². The number of aryl methyl sites for hydroxylation is 1. The van der Waals surface area contributed by atoms with Crippen LogP contribution in [-0.2, 0) is 13.0 Å². The molecule has 4 aromatic rings. The minimum Gasteiger partial charge on any atom is -0.488 e. The zero-order chi connectivity index (χ0) is 21.3. The van der Waals surface area contributed by atoms with Gasteiger partial charge < -0.3 is 9.72 Å². The summed E-state index contributed by atoms with van der Waals surface area (Å²) < 4.78 is 7.21. The average Bonchev–Trinajstić information content (AvgIpc) is 3.38. The van der Waals surface area contributed by atoms with Gasteiger partial charge in [0, 0.05) is 40.2 Å². The Morgan fingerprint density at radius 2 is 2.10 bits per heavy atom. The number of pyridine rings is 1. The van der Waals surface area contributed by atoms with Gasteiger partial charge in [0.25, 0.3) is 5.56 Å². The highest BCUT2D eigenvalue weighted by Gasteiger charge is 2.17. The maximum atomic E-state index is 13.4. The summed E-state index contributed by atoms with van der Waals surface area (Å²) in [7, 11) is 0. The molecule has 0 radical (unpaired) electrons. The van der Waals surface area contributed by atoms with Crippen LogP contribution >= 0.6 is 22.7 Å². The Bertz CT molecular complexity index is 1280. The zero-order valence-electron chi connectivity index (χ0n) is 17.1. The predicted molar refractivity (Wildman–Crippen MR) is 123 cm³/mol. The number of thiophene rings is 2. The summed E-state index contributed by atoms with van der Waals surface area (Å²) in [5.74, 6) is 1.32. The molecule has 0 aliphatic carbocycles. The SMILES string of the molecule is CCc1nc2scc(-c3cccs3)c2c(=O)n1Cc1cc(=O)c(OCC(C)C)c[nH]1. The minimum absolute atomic E-state index is 0.0810. The fraction of sp³-hybridized carbons (Fsp3) is 0.318. The van der Waals surface area contributed by atoms with Crippen LogP contribution in [0.3, 0.4) is 0 Å². The first kappa shape index (κ1) is 20.6. The number of hydrogen-bond donors (Lipinski definition) is 1. The number of nitrogens with one attached hydrogen (secondary N) is 1. The number of hydrogen-bond acceptors (Lipinski definition) is 6. The Morgan fingerprint density at radius 3 is 2.77 bits per heavy atom. The summed E-state index contributed by atoms with van der Waals surface area (Å²) in [5.41, 5.74) is 1.29. The maximum Gasteiger partial charge on any atom is 0.263 e. The average molecular weight is 442 g/mol. The summed E-state index contributed by atoms with van der Waals surface area (Å²) in [5, 5.41) is 4.63. The monoisotopic (exact) mass is 441 g/mol. The van der Waals surface area contributed by atoms with E-state index in [0.29, 0.717) is 41.6 Å². The van der Waals surface area contributed by atoms with E-state index in [1.54, 1.807) is 22.1 Å². The smallest absolute Gasteiger partial charge is 0.263 e. The van der Waals surface area contributed by atoms with Crippen molar-refractivity contribution < 1.29 is 4.74 Å². The highest BCUT2D eigenvalue weighted by atomic mass is 32.1. The van der Waals surface area contributed by atoms with Gasteiger partial charge in [-0.3, -0.25) is 14.2 Å². The molecule has 0 aliphatic rings. The van der Waals surface area contributed by atoms with Gasteiger partial charge in [0.2, 0.25) is 5.43 Å². The lowest BCUT2D eigenvalue weighted by Gasteiger charge is -2.13. The summed E-state index contributed by atoms with van der Waals surface area (Å²) in [6.45, 7) is 6.76. The summed E-state index contributed by atoms with van der Waals surface area (Å²) >= 11 is 3.09. The first-order chi connectivity index (χ1) is 14.5. The predicted octanol–water partition coefficient (Wildman–Crippen LogP) is 4.52. The minimum atomic E-state index is -0.195. The third-order valence-corrected chi connectivity index (χ3v) is 6.49. The molecule has 4 aromatic heterocycles. The van der Waals surface area contributed by atoms with Crippen LogP contribution in [0.4, 0.5) is 0 Å². The zero-order valence-corrected chi connectivity index (χ0v) is 18.7. The van der Waals surface area contributed by atoms with Crippen LogP contribution in [0, 0.1) is 5.92 Å². The Hall–Kier alpha value is -2.71. The van der Waals surface area contributed by atoms with Gasteiger partial charge in [0.05, 0.1) is 18.5 Å². The number of nitrogens with zero attached hydrogens (tertiary/aromatic N) is 2. The van der Waals surface area contributed by atoms with Gasteiger partial charge in [0.15, 0.2) is 5.75 Å². The van der Waals surface area contributed by atoms with E-state index in [0.717, 1.165) is 15.3 Å². The van der Waals surface area contributed by atoms with E-state index in [2.05, 4.69) is 4.98 Å². The van der Waals surface area contributed by atoms with Crippen molar-refractivity contribution in [2.75, 3.05) is 6.61 Å². The van der Waals surface area contributed by atoms with Crippen molar-refractivity contribution in [1.29, 1.82) is 0 Å². The number of H-pyrrole nitrogens is 1. The summed E-state index contributed by atoms with van der Waals surface area (Å²) in [4.78, 5) is 35.5. The topological polar surface area (TPSA) is 77.0 Å². The van der Waals surface area contributed by atoms with E-state index in [4.69, 9.17) is 9.72 Å². The van der Waals surface area contributed by atoms with Gasteiger partial charge in [-0.1, -0.05) is 26.8 Å². The molecule has 0 spiro atoms. The van der Waals surface area contributed by atoms with Crippen LogP contribution in [0.5, 0.6) is 5.75 Å². The molecule has 8 heteroatoms. The molecule has 0 aromatic carbocycles. The lowest BCUT2D eigenvalue weighted by molar-refractivity contribution is 0.267. The Morgan fingerprint density at radius 1 is 1.27 bits per heavy atom. The van der Waals surface area contributed by atoms with Crippen molar-refractivity contribution in [3.05, 3.63) is 67.3 Å². The highest BCUT2D eigenvalue weighted by Crippen LogP contribution is 2.33. The van der Waals surface area contributed by atoms with Gasteiger partial charge in [-0.05, 0) is 17.4 Å². The fourth-order valence-corrected chi connectivity index (χ4v) is 5.01. The van der Waals surface area contributed by atoms with Gasteiger partial charge >= 0.3 is 0 Å². The van der Waals surface area contributed by atoms with Gasteiger partial charge in [-0.25, -0.2) is 4.98 Å². The second-order valence-corrected chi connectivity index (χ2v) is 9.28. The lowest BCUT2D eigenvalue weighted by atomic mass is 10.2. The maximum absolute atomic E-state index is 13.4. The molecule has 0 aliphatic heterocycles. The fourth-order valence-electron chi connectivity index (χ4n) is 3.24. The molecule has 4 heterocycles. The molecule has 4 rings (SSSR count). The third kappa shape index (κ3) is 3.97. The van der Waals surface area contributed by atoms with Gasteiger partial charge in [0.1, 0.15) is 10.7 Å². The van der Waals surface area contributed by atoms with E-state index >= 15 is 0 Å². The molecule has 1 N–H and O–H groups in total. The molecular formula is C22H23N3O3S2. The molecule has 0 saturated carbocycles. The largest absolute Gasteiger partial charge is 0.488 e. The molecule has 0 atom stereocenters. The number of rotatable bonds is 7. The van der Waals surface area contributed by atoms with Crippen LogP contribution in [0.25, 0.3) is 20.7 Å². The normalized spacial score (nSPS) is 11.5. The van der Waals surface area contributed by atoms with Crippen LogP contribution in [0.1, 0.15) is 32.3 Å². The van der Waals surface area contributed by atoms with E-state index < -0.39 is 0 Å². The van der Waals surface area contributed by atoms with Crippen molar-refractivity contribution in [3.63, 3.8) is 0 Å². The molecule has 0 fully saturated rings. The summed E-state index contributed by atoms with van der Waals surface area (Å²) in [6.07, 6.45) is 2.20. The van der Waals surface area contributed by atoms with Gasteiger partial charge in [-0.15, -0.1) is 22.7 Å². The Labute approximate surface area is 181 Å². The van der Waals surface area contributed by atoms with Crippen LogP contribution in [0.2, 0.25) is 0 Å². The number of ether oxygens (including phenoxy) is 1. The number of aromatic nitrogens is 3. The number of aromatic amines is 1. The standard InChI is InChI=1S/C22H23N3O3S2/c1-4-19-24-21-20(15(12-30-21)18-6-5-7-29-18)22(27)25(19)10-14-8-16(26)17(9-23-14)28-11-13(2)3/h5-9,12-13H,4,10-11H2,1-3H3,(H,23,26). The van der Waals surface area contributed by atoms with Crippen molar-refractivity contribution in [1.82, 2.24) is 14.5 Å². The van der Waals surface area contributed by atoms with E-state index in [9.17, 15) is 9.59 Å². The van der Waals surface area contributed by atoms with Crippen LogP contribution in [0.15, 0.2) is 44.7 Å². The second kappa shape index (κ2) is 8.57.